The standard InChI is InChI=1S/C18H27N5O6/c1-3-7-26-17(24)28-10-13(11-29-18(25)27-8-4-2)5-6-23-12-21-14-9-20-16(19)22-15(14)23/h9,12-13H,3-8,10-11H2,1-2H3,(H2,19,20,22). The molecule has 0 radical (unpaired) electrons. The molecule has 2 aromatic rings. The molecule has 0 fully saturated rings. The van der Waals surface area contributed by atoms with Crippen LogP contribution in [0.1, 0.15) is 33.1 Å². The first-order chi connectivity index (χ1) is 14.0. The van der Waals surface area contributed by atoms with Crippen LogP contribution in [0, 0.1) is 5.92 Å². The Kier molecular flexibility index (Phi) is 8.93. The molecule has 0 unspecified atom stereocenters. The van der Waals surface area contributed by atoms with E-state index in [1.165, 1.54) is 0 Å². The minimum atomic E-state index is -0.751. The van der Waals surface area contributed by atoms with Crippen molar-refractivity contribution >= 4 is 29.4 Å². The predicted molar refractivity (Wildman–Crippen MR) is 103 cm³/mol. The van der Waals surface area contributed by atoms with Crippen molar-refractivity contribution in [2.75, 3.05) is 32.2 Å². The van der Waals surface area contributed by atoms with Crippen molar-refractivity contribution in [3.63, 3.8) is 0 Å². The average Bonchev–Trinajstić information content (AvgIpc) is 3.12. The third-order valence-corrected chi connectivity index (χ3v) is 3.88. The summed E-state index contributed by atoms with van der Waals surface area (Å²) in [4.78, 5) is 35.5. The Balaban J connectivity index is 1.94. The van der Waals surface area contributed by atoms with Gasteiger partial charge >= 0.3 is 12.3 Å². The number of nitrogen functional groups attached to an aromatic ring is 1. The predicted octanol–water partition coefficient (Wildman–Crippen LogP) is 2.54. The van der Waals surface area contributed by atoms with E-state index in [9.17, 15) is 9.59 Å². The maximum atomic E-state index is 11.6. The van der Waals surface area contributed by atoms with Crippen molar-refractivity contribution in [3.05, 3.63) is 12.5 Å². The van der Waals surface area contributed by atoms with Crippen molar-refractivity contribution in [1.29, 1.82) is 0 Å². The molecule has 0 saturated carbocycles. The fourth-order valence-electron chi connectivity index (χ4n) is 2.39. The van der Waals surface area contributed by atoms with Crippen molar-refractivity contribution < 1.29 is 28.5 Å². The molecule has 2 rings (SSSR count). The molecular formula is C18H27N5O6. The lowest BCUT2D eigenvalue weighted by Gasteiger charge is -2.17. The summed E-state index contributed by atoms with van der Waals surface area (Å²) in [5.74, 6) is -0.116. The number of rotatable bonds is 11. The lowest BCUT2D eigenvalue weighted by Crippen LogP contribution is -2.23. The van der Waals surface area contributed by atoms with Gasteiger partial charge in [0.25, 0.3) is 0 Å². The van der Waals surface area contributed by atoms with E-state index in [4.69, 9.17) is 24.7 Å². The molecule has 0 atom stereocenters. The van der Waals surface area contributed by atoms with Gasteiger partial charge in [-0.3, -0.25) is 0 Å². The zero-order chi connectivity index (χ0) is 21.1. The second-order valence-electron chi connectivity index (χ2n) is 6.35. The number of carbonyl (C=O) groups is 2. The first-order valence-corrected chi connectivity index (χ1v) is 9.55. The van der Waals surface area contributed by atoms with Crippen LogP contribution in [0.25, 0.3) is 11.2 Å². The quantitative estimate of drug-likeness (QED) is 0.550. The number of carbonyl (C=O) groups excluding carboxylic acids is 2. The average molecular weight is 409 g/mol. The summed E-state index contributed by atoms with van der Waals surface area (Å²) in [5, 5.41) is 0. The molecule has 0 aromatic carbocycles. The van der Waals surface area contributed by atoms with Crippen LogP contribution in [0.3, 0.4) is 0 Å². The van der Waals surface area contributed by atoms with E-state index in [-0.39, 0.29) is 38.3 Å². The highest BCUT2D eigenvalue weighted by Gasteiger charge is 2.17. The van der Waals surface area contributed by atoms with E-state index in [0.717, 1.165) is 0 Å². The Morgan fingerprint density at radius 1 is 1.03 bits per heavy atom. The van der Waals surface area contributed by atoms with Gasteiger partial charge in [0.15, 0.2) is 5.65 Å². The lowest BCUT2D eigenvalue weighted by molar-refractivity contribution is 0.0150. The maximum absolute atomic E-state index is 11.6. The van der Waals surface area contributed by atoms with Gasteiger partial charge in [-0.2, -0.15) is 4.98 Å². The molecule has 0 aliphatic heterocycles. The Labute approximate surface area is 168 Å². The Morgan fingerprint density at radius 2 is 1.66 bits per heavy atom. The highest BCUT2D eigenvalue weighted by Crippen LogP contribution is 2.14. The zero-order valence-corrected chi connectivity index (χ0v) is 16.7. The van der Waals surface area contributed by atoms with Crippen molar-refractivity contribution in [3.8, 4) is 0 Å². The molecule has 29 heavy (non-hydrogen) atoms. The summed E-state index contributed by atoms with van der Waals surface area (Å²) in [6.07, 6.45) is 3.59. The van der Waals surface area contributed by atoms with Crippen molar-refractivity contribution in [2.24, 2.45) is 5.92 Å². The summed E-state index contributed by atoms with van der Waals surface area (Å²) < 4.78 is 21.9. The van der Waals surface area contributed by atoms with Gasteiger partial charge in [-0.1, -0.05) is 13.8 Å². The monoisotopic (exact) mass is 409 g/mol. The van der Waals surface area contributed by atoms with Gasteiger partial charge in [-0.05, 0) is 19.3 Å². The van der Waals surface area contributed by atoms with Crippen molar-refractivity contribution in [2.45, 2.75) is 39.7 Å². The van der Waals surface area contributed by atoms with Gasteiger partial charge in [0.05, 0.1) is 25.7 Å². The minimum Gasteiger partial charge on any atom is -0.434 e. The number of aryl methyl sites for hydroxylation is 1. The molecule has 0 saturated heterocycles. The third-order valence-electron chi connectivity index (χ3n) is 3.88. The highest BCUT2D eigenvalue weighted by atomic mass is 16.7. The normalized spacial score (nSPS) is 10.9. The fourth-order valence-corrected chi connectivity index (χ4v) is 2.39. The molecule has 11 nitrogen and oxygen atoms in total. The number of hydrogen-bond donors (Lipinski definition) is 1. The van der Waals surface area contributed by atoms with Gasteiger partial charge in [-0.25, -0.2) is 19.6 Å². The zero-order valence-electron chi connectivity index (χ0n) is 16.7. The fraction of sp³-hybridized carbons (Fsp3) is 0.611. The number of fused-ring (bicyclic) bond motifs is 1. The van der Waals surface area contributed by atoms with Crippen LogP contribution in [-0.4, -0.2) is 58.3 Å². The van der Waals surface area contributed by atoms with Crippen LogP contribution in [0.5, 0.6) is 0 Å². The summed E-state index contributed by atoms with van der Waals surface area (Å²) >= 11 is 0. The van der Waals surface area contributed by atoms with Crippen LogP contribution >= 0.6 is 0 Å². The second-order valence-corrected chi connectivity index (χ2v) is 6.35. The minimum absolute atomic E-state index is 0.0351. The summed E-state index contributed by atoms with van der Waals surface area (Å²) in [6, 6.07) is 0. The number of hydrogen-bond acceptors (Lipinski definition) is 10. The highest BCUT2D eigenvalue weighted by molar-refractivity contribution is 5.70. The summed E-state index contributed by atoms with van der Waals surface area (Å²) in [6.45, 7) is 4.91. The molecule has 0 aliphatic carbocycles. The van der Waals surface area contributed by atoms with Crippen LogP contribution < -0.4 is 5.73 Å². The number of nitrogens with two attached hydrogens (primary N) is 1. The first kappa shape index (κ1) is 22.2. The van der Waals surface area contributed by atoms with E-state index < -0.39 is 12.3 Å². The van der Waals surface area contributed by atoms with Crippen LogP contribution in [-0.2, 0) is 25.5 Å². The second kappa shape index (κ2) is 11.7. The van der Waals surface area contributed by atoms with E-state index in [1.807, 2.05) is 18.4 Å². The van der Waals surface area contributed by atoms with E-state index >= 15 is 0 Å². The van der Waals surface area contributed by atoms with E-state index in [1.54, 1.807) is 12.5 Å². The molecule has 0 bridgehead atoms. The molecule has 0 spiro atoms. The Morgan fingerprint density at radius 3 is 2.24 bits per heavy atom. The number of nitrogens with zero attached hydrogens (tertiary/aromatic N) is 4. The summed E-state index contributed by atoms with van der Waals surface area (Å²) in [5.41, 5.74) is 6.86. The van der Waals surface area contributed by atoms with Gasteiger partial charge in [0, 0.05) is 12.5 Å². The Bertz CT molecular complexity index is 772. The van der Waals surface area contributed by atoms with E-state index in [2.05, 4.69) is 15.0 Å². The molecule has 2 heterocycles. The van der Waals surface area contributed by atoms with Gasteiger partial charge in [0.2, 0.25) is 5.95 Å². The first-order valence-electron chi connectivity index (χ1n) is 9.55. The number of anilines is 1. The topological polar surface area (TPSA) is 141 Å². The molecule has 2 N–H and O–H groups in total. The molecule has 160 valence electrons. The maximum Gasteiger partial charge on any atom is 0.508 e. The van der Waals surface area contributed by atoms with Crippen LogP contribution in [0.15, 0.2) is 12.5 Å². The van der Waals surface area contributed by atoms with Gasteiger partial charge in [-0.15, -0.1) is 0 Å². The molecular weight excluding hydrogens is 382 g/mol. The molecule has 11 heteroatoms. The summed E-state index contributed by atoms with van der Waals surface area (Å²) in [7, 11) is 0. The van der Waals surface area contributed by atoms with Crippen LogP contribution in [0.4, 0.5) is 15.5 Å². The SMILES string of the molecule is CCCOC(=O)OCC(CCn1cnc2cnc(N)nc21)COC(=O)OCCC. The molecule has 0 aliphatic rings. The van der Waals surface area contributed by atoms with E-state index in [0.29, 0.717) is 37.0 Å². The van der Waals surface area contributed by atoms with Crippen LogP contribution in [0.2, 0.25) is 0 Å². The van der Waals surface area contributed by atoms with Gasteiger partial charge in [0.1, 0.15) is 18.7 Å². The third kappa shape index (κ3) is 7.43. The smallest absolute Gasteiger partial charge is 0.434 e. The molecule has 2 aromatic heterocycles. The molecule has 0 amide bonds. The van der Waals surface area contributed by atoms with Gasteiger partial charge < -0.3 is 29.2 Å². The largest absolute Gasteiger partial charge is 0.508 e. The number of ether oxygens (including phenoxy) is 4. The number of aromatic nitrogens is 4. The Hall–Kier alpha value is -3.11. The lowest BCUT2D eigenvalue weighted by atomic mass is 10.1. The van der Waals surface area contributed by atoms with Crippen molar-refractivity contribution in [1.82, 2.24) is 19.5 Å². The number of imidazole rings is 1.